The van der Waals surface area contributed by atoms with Crippen molar-refractivity contribution in [3.63, 3.8) is 0 Å². The number of hydrogen-bond acceptors (Lipinski definition) is 4. The maximum Gasteiger partial charge on any atom is 0.433 e. The molecule has 0 unspecified atom stereocenters. The fraction of sp³-hybridized carbons (Fsp3) is 0.118. The van der Waals surface area contributed by atoms with Crippen molar-refractivity contribution >= 4 is 11.6 Å². The topological polar surface area (TPSA) is 50.7 Å². The lowest BCUT2D eigenvalue weighted by Crippen LogP contribution is -2.09. The Morgan fingerprint density at radius 1 is 0.741 bits per heavy atom. The molecule has 10 heteroatoms. The van der Waals surface area contributed by atoms with E-state index in [1.807, 2.05) is 0 Å². The van der Waals surface area contributed by atoms with Crippen LogP contribution < -0.4 is 5.32 Å². The first-order chi connectivity index (χ1) is 12.6. The van der Waals surface area contributed by atoms with Gasteiger partial charge < -0.3 is 5.32 Å². The number of nitrogens with zero attached hydrogens (tertiary/aromatic N) is 3. The van der Waals surface area contributed by atoms with Crippen LogP contribution in [0.4, 0.5) is 38.0 Å². The molecule has 0 aliphatic rings. The molecule has 0 atom stereocenters. The lowest BCUT2D eigenvalue weighted by molar-refractivity contribution is -0.141. The van der Waals surface area contributed by atoms with Crippen molar-refractivity contribution in [2.75, 3.05) is 5.32 Å². The van der Waals surface area contributed by atoms with Gasteiger partial charge in [-0.25, -0.2) is 15.0 Å². The summed E-state index contributed by atoms with van der Waals surface area (Å²) in [5, 5.41) is 2.62. The van der Waals surface area contributed by atoms with E-state index in [9.17, 15) is 26.3 Å². The molecule has 0 spiro atoms. The number of halogens is 6. The third kappa shape index (κ3) is 4.52. The highest BCUT2D eigenvalue weighted by Crippen LogP contribution is 2.31. The number of pyridine rings is 1. The van der Waals surface area contributed by atoms with Crippen molar-refractivity contribution < 1.29 is 26.3 Å². The predicted octanol–water partition coefficient (Wildman–Crippen LogP) is 5.32. The Hall–Kier alpha value is -3.17. The second-order valence-electron chi connectivity index (χ2n) is 5.39. The molecule has 0 saturated heterocycles. The number of benzene rings is 1. The van der Waals surface area contributed by atoms with Gasteiger partial charge in [-0.3, -0.25) is 0 Å². The van der Waals surface area contributed by atoms with E-state index in [2.05, 4.69) is 20.3 Å². The standard InChI is InChI=1S/C17H10F6N4/c18-16(19,20)11-6-4-10(5-7-11)12-8-15(25-9-24-12)27-14-3-1-2-13(26-14)17(21,22)23/h1-9H,(H,24,25,26,27). The number of hydrogen-bond donors (Lipinski definition) is 1. The molecule has 1 N–H and O–H groups in total. The van der Waals surface area contributed by atoms with Crippen LogP contribution in [0.5, 0.6) is 0 Å². The Morgan fingerprint density at radius 2 is 1.44 bits per heavy atom. The van der Waals surface area contributed by atoms with Gasteiger partial charge in [0.2, 0.25) is 0 Å². The van der Waals surface area contributed by atoms with Crippen LogP contribution in [0.25, 0.3) is 11.3 Å². The van der Waals surface area contributed by atoms with Gasteiger partial charge in [-0.2, -0.15) is 26.3 Å². The zero-order valence-corrected chi connectivity index (χ0v) is 13.3. The first-order valence-corrected chi connectivity index (χ1v) is 7.44. The van der Waals surface area contributed by atoms with Crippen LogP contribution in [-0.2, 0) is 12.4 Å². The maximum absolute atomic E-state index is 12.7. The van der Waals surface area contributed by atoms with E-state index in [1.165, 1.54) is 30.3 Å². The van der Waals surface area contributed by atoms with E-state index in [1.54, 1.807) is 0 Å². The maximum atomic E-state index is 12.7. The average Bonchev–Trinajstić information content (AvgIpc) is 2.61. The van der Waals surface area contributed by atoms with E-state index < -0.39 is 23.6 Å². The molecule has 0 fully saturated rings. The molecular weight excluding hydrogens is 374 g/mol. The minimum Gasteiger partial charge on any atom is -0.325 e. The van der Waals surface area contributed by atoms with Crippen LogP contribution in [-0.4, -0.2) is 15.0 Å². The van der Waals surface area contributed by atoms with Gasteiger partial charge in [0, 0.05) is 11.6 Å². The first-order valence-electron chi connectivity index (χ1n) is 7.44. The van der Waals surface area contributed by atoms with Crippen LogP contribution in [0.3, 0.4) is 0 Å². The summed E-state index contributed by atoms with van der Waals surface area (Å²) in [7, 11) is 0. The summed E-state index contributed by atoms with van der Waals surface area (Å²) in [6.07, 6.45) is -7.90. The quantitative estimate of drug-likeness (QED) is 0.621. The molecule has 1 aromatic carbocycles. The highest BCUT2D eigenvalue weighted by atomic mass is 19.4. The Kier molecular flexibility index (Phi) is 4.73. The Morgan fingerprint density at radius 3 is 2.07 bits per heavy atom. The highest BCUT2D eigenvalue weighted by molar-refractivity contribution is 5.64. The molecule has 0 radical (unpaired) electrons. The van der Waals surface area contributed by atoms with Crippen LogP contribution in [0.2, 0.25) is 0 Å². The van der Waals surface area contributed by atoms with E-state index in [0.29, 0.717) is 11.3 Å². The molecule has 2 heterocycles. The van der Waals surface area contributed by atoms with Crippen LogP contribution in [0.15, 0.2) is 54.9 Å². The number of rotatable bonds is 3. The molecule has 0 saturated carbocycles. The van der Waals surface area contributed by atoms with Gasteiger partial charge in [0.25, 0.3) is 0 Å². The van der Waals surface area contributed by atoms with Crippen molar-refractivity contribution in [2.24, 2.45) is 0 Å². The van der Waals surface area contributed by atoms with Crippen molar-refractivity contribution in [2.45, 2.75) is 12.4 Å². The molecule has 4 nitrogen and oxygen atoms in total. The predicted molar refractivity (Wildman–Crippen MR) is 85.0 cm³/mol. The van der Waals surface area contributed by atoms with Crippen LogP contribution in [0, 0.1) is 0 Å². The zero-order chi connectivity index (χ0) is 19.7. The summed E-state index contributed by atoms with van der Waals surface area (Å²) in [6.45, 7) is 0. The molecule has 0 aliphatic carbocycles. The second-order valence-corrected chi connectivity index (χ2v) is 5.39. The second kappa shape index (κ2) is 6.86. The van der Waals surface area contributed by atoms with E-state index in [-0.39, 0.29) is 11.6 Å². The molecule has 3 aromatic rings. The Bertz CT molecular complexity index is 935. The van der Waals surface area contributed by atoms with Crippen molar-refractivity contribution in [3.05, 3.63) is 66.1 Å². The normalized spacial score (nSPS) is 12.1. The third-order valence-electron chi connectivity index (χ3n) is 3.47. The number of anilines is 2. The van der Waals surface area contributed by atoms with Gasteiger partial charge in [-0.05, 0) is 24.3 Å². The lowest BCUT2D eigenvalue weighted by atomic mass is 10.1. The first kappa shape index (κ1) is 18.6. The summed E-state index contributed by atoms with van der Waals surface area (Å²) in [6, 6.07) is 9.07. The summed E-state index contributed by atoms with van der Waals surface area (Å²) in [5.41, 5.74) is -1.17. The van der Waals surface area contributed by atoms with Gasteiger partial charge in [0.15, 0.2) is 0 Å². The fourth-order valence-corrected chi connectivity index (χ4v) is 2.21. The van der Waals surface area contributed by atoms with Gasteiger partial charge in [0.05, 0.1) is 11.3 Å². The van der Waals surface area contributed by atoms with Crippen molar-refractivity contribution in [1.82, 2.24) is 15.0 Å². The minimum atomic E-state index is -4.59. The van der Waals surface area contributed by atoms with Gasteiger partial charge in [-0.1, -0.05) is 18.2 Å². The molecule has 0 aliphatic heterocycles. The molecular formula is C17H10F6N4. The van der Waals surface area contributed by atoms with E-state index >= 15 is 0 Å². The third-order valence-corrected chi connectivity index (χ3v) is 3.47. The molecule has 2 aromatic heterocycles. The summed E-state index contributed by atoms with van der Waals surface area (Å²) < 4.78 is 76.0. The van der Waals surface area contributed by atoms with Gasteiger partial charge in [-0.15, -0.1) is 0 Å². The summed E-state index contributed by atoms with van der Waals surface area (Å²) >= 11 is 0. The molecule has 27 heavy (non-hydrogen) atoms. The average molecular weight is 384 g/mol. The summed E-state index contributed by atoms with van der Waals surface area (Å²) in [5.74, 6) is 0.0635. The smallest absolute Gasteiger partial charge is 0.325 e. The number of alkyl halides is 6. The van der Waals surface area contributed by atoms with Crippen LogP contribution >= 0.6 is 0 Å². The lowest BCUT2D eigenvalue weighted by Gasteiger charge is -2.10. The molecule has 0 amide bonds. The van der Waals surface area contributed by atoms with Crippen molar-refractivity contribution in [3.8, 4) is 11.3 Å². The van der Waals surface area contributed by atoms with Crippen molar-refractivity contribution in [1.29, 1.82) is 0 Å². The highest BCUT2D eigenvalue weighted by Gasteiger charge is 2.32. The van der Waals surface area contributed by atoms with Gasteiger partial charge >= 0.3 is 12.4 Å². The Balaban J connectivity index is 1.84. The van der Waals surface area contributed by atoms with E-state index in [0.717, 1.165) is 24.5 Å². The van der Waals surface area contributed by atoms with Crippen LogP contribution in [0.1, 0.15) is 11.3 Å². The van der Waals surface area contributed by atoms with Gasteiger partial charge in [0.1, 0.15) is 23.7 Å². The monoisotopic (exact) mass is 384 g/mol. The zero-order valence-electron chi connectivity index (χ0n) is 13.3. The summed E-state index contributed by atoms with van der Waals surface area (Å²) in [4.78, 5) is 11.3. The fourth-order valence-electron chi connectivity index (χ4n) is 2.21. The molecule has 140 valence electrons. The Labute approximate surface area is 148 Å². The number of aromatic nitrogens is 3. The largest absolute Gasteiger partial charge is 0.433 e. The minimum absolute atomic E-state index is 0.0816. The van der Waals surface area contributed by atoms with E-state index in [4.69, 9.17) is 0 Å². The SMILES string of the molecule is FC(F)(F)c1ccc(-c2cc(Nc3cccc(C(F)(F)F)n3)ncn2)cc1. The molecule has 3 rings (SSSR count). The molecule has 0 bridgehead atoms. The number of nitrogens with one attached hydrogen (secondary N) is 1.